The van der Waals surface area contributed by atoms with Crippen molar-refractivity contribution in [1.82, 2.24) is 20.4 Å². The maximum absolute atomic E-state index is 11.9. The molecular weight excluding hydrogens is 378 g/mol. The molecule has 11 heteroatoms. The predicted molar refractivity (Wildman–Crippen MR) is 96.8 cm³/mol. The Morgan fingerprint density at radius 3 is 2.50 bits per heavy atom. The number of rotatable bonds is 7. The molecule has 0 atom stereocenters. The molecule has 3 aromatic rings. The lowest BCUT2D eigenvalue weighted by atomic mass is 10.2. The fraction of sp³-hybridized carbons (Fsp3) is 0.267. The van der Waals surface area contributed by atoms with Gasteiger partial charge in [-0.3, -0.25) is 10.1 Å². The zero-order valence-corrected chi connectivity index (χ0v) is 15.8. The number of methoxy groups -OCH3 is 2. The Hall–Kier alpha value is -2.66. The monoisotopic (exact) mass is 393 g/mol. The Labute approximate surface area is 157 Å². The highest BCUT2D eigenvalue weighted by atomic mass is 32.2. The Morgan fingerprint density at radius 1 is 1.15 bits per heavy atom. The summed E-state index contributed by atoms with van der Waals surface area (Å²) in [5.74, 6) is 1.41. The van der Waals surface area contributed by atoms with Crippen molar-refractivity contribution in [2.45, 2.75) is 12.1 Å². The van der Waals surface area contributed by atoms with E-state index in [-0.39, 0.29) is 16.9 Å². The van der Waals surface area contributed by atoms with E-state index < -0.39 is 0 Å². The third-order valence-corrected chi connectivity index (χ3v) is 4.68. The average molecular weight is 393 g/mol. The molecule has 0 unspecified atom stereocenters. The summed E-state index contributed by atoms with van der Waals surface area (Å²) in [6.07, 6.45) is 0. The minimum Gasteiger partial charge on any atom is -0.497 e. The lowest BCUT2D eigenvalue weighted by Crippen LogP contribution is -2.13. The molecule has 0 saturated carbocycles. The van der Waals surface area contributed by atoms with E-state index in [9.17, 15) is 4.79 Å². The molecule has 0 spiro atoms. The SMILES string of the molecule is COc1cc(OC)cc(-c2nnc(SCC(=O)Nc3nnc(C)s3)o2)c1. The molecule has 26 heavy (non-hydrogen) atoms. The molecule has 0 aliphatic rings. The van der Waals surface area contributed by atoms with Crippen LogP contribution in [0.1, 0.15) is 5.01 Å². The second-order valence-electron chi connectivity index (χ2n) is 4.94. The molecule has 0 radical (unpaired) electrons. The van der Waals surface area contributed by atoms with Crippen molar-refractivity contribution >= 4 is 34.1 Å². The van der Waals surface area contributed by atoms with Crippen molar-refractivity contribution in [2.24, 2.45) is 0 Å². The van der Waals surface area contributed by atoms with Gasteiger partial charge < -0.3 is 13.9 Å². The number of aromatic nitrogens is 4. The van der Waals surface area contributed by atoms with Crippen molar-refractivity contribution in [3.8, 4) is 23.0 Å². The van der Waals surface area contributed by atoms with Gasteiger partial charge >= 0.3 is 0 Å². The number of carbonyl (C=O) groups excluding carboxylic acids is 1. The van der Waals surface area contributed by atoms with E-state index in [2.05, 4.69) is 25.7 Å². The van der Waals surface area contributed by atoms with Crippen molar-refractivity contribution in [3.63, 3.8) is 0 Å². The Morgan fingerprint density at radius 2 is 1.88 bits per heavy atom. The van der Waals surface area contributed by atoms with Gasteiger partial charge in [0.05, 0.1) is 20.0 Å². The maximum Gasteiger partial charge on any atom is 0.277 e. The van der Waals surface area contributed by atoms with Crippen LogP contribution in [0.4, 0.5) is 5.13 Å². The molecule has 136 valence electrons. The van der Waals surface area contributed by atoms with Crippen LogP contribution >= 0.6 is 23.1 Å². The lowest BCUT2D eigenvalue weighted by molar-refractivity contribution is -0.113. The molecule has 1 amide bonds. The third-order valence-electron chi connectivity index (χ3n) is 3.10. The molecule has 9 nitrogen and oxygen atoms in total. The fourth-order valence-corrected chi connectivity index (χ4v) is 3.12. The fourth-order valence-electron chi connectivity index (χ4n) is 1.95. The number of thioether (sulfide) groups is 1. The number of nitrogens with zero attached hydrogens (tertiary/aromatic N) is 4. The van der Waals surface area contributed by atoms with Crippen LogP contribution in [0, 0.1) is 6.92 Å². The molecule has 2 heterocycles. The van der Waals surface area contributed by atoms with Crippen LogP contribution in [-0.2, 0) is 4.79 Å². The van der Waals surface area contributed by atoms with Gasteiger partial charge in [0, 0.05) is 11.6 Å². The Bertz CT molecular complexity index is 889. The third kappa shape index (κ3) is 4.49. The van der Waals surface area contributed by atoms with Crippen LogP contribution in [0.2, 0.25) is 0 Å². The molecular formula is C15H15N5O4S2. The summed E-state index contributed by atoms with van der Waals surface area (Å²) in [6, 6.07) is 5.26. The number of nitrogens with one attached hydrogen (secondary N) is 1. The van der Waals surface area contributed by atoms with Gasteiger partial charge in [-0.2, -0.15) is 0 Å². The van der Waals surface area contributed by atoms with Crippen molar-refractivity contribution < 1.29 is 18.7 Å². The Balaban J connectivity index is 1.63. The maximum atomic E-state index is 11.9. The smallest absolute Gasteiger partial charge is 0.277 e. The van der Waals surface area contributed by atoms with Crippen LogP contribution in [0.3, 0.4) is 0 Å². The van der Waals surface area contributed by atoms with Gasteiger partial charge in [-0.1, -0.05) is 23.1 Å². The van der Waals surface area contributed by atoms with Gasteiger partial charge in [-0.25, -0.2) is 0 Å². The van der Waals surface area contributed by atoms with E-state index in [4.69, 9.17) is 13.9 Å². The summed E-state index contributed by atoms with van der Waals surface area (Å²) in [5.41, 5.74) is 0.661. The van der Waals surface area contributed by atoms with Crippen LogP contribution in [0.15, 0.2) is 27.8 Å². The molecule has 0 aliphatic carbocycles. The molecule has 0 saturated heterocycles. The lowest BCUT2D eigenvalue weighted by Gasteiger charge is -2.05. The van der Waals surface area contributed by atoms with Gasteiger partial charge in [0.25, 0.3) is 5.22 Å². The summed E-state index contributed by atoms with van der Waals surface area (Å²) in [4.78, 5) is 11.9. The molecule has 0 fully saturated rings. The first-order valence-electron chi connectivity index (χ1n) is 7.37. The molecule has 0 aliphatic heterocycles. The average Bonchev–Trinajstić information content (AvgIpc) is 3.28. The second kappa shape index (κ2) is 8.15. The minimum absolute atomic E-state index is 0.113. The predicted octanol–water partition coefficient (Wildman–Crippen LogP) is 2.64. The number of ether oxygens (including phenoxy) is 2. The van der Waals surface area contributed by atoms with Crippen LogP contribution in [0.5, 0.6) is 11.5 Å². The Kier molecular flexibility index (Phi) is 5.68. The van der Waals surface area contributed by atoms with E-state index in [1.807, 2.05) is 6.92 Å². The van der Waals surface area contributed by atoms with Gasteiger partial charge in [0.1, 0.15) is 16.5 Å². The zero-order valence-electron chi connectivity index (χ0n) is 14.2. The number of aryl methyl sites for hydroxylation is 1. The number of hydrogen-bond donors (Lipinski definition) is 1. The van der Waals surface area contributed by atoms with E-state index in [0.29, 0.717) is 28.1 Å². The van der Waals surface area contributed by atoms with Gasteiger partial charge in [-0.05, 0) is 19.1 Å². The minimum atomic E-state index is -0.228. The number of anilines is 1. The zero-order chi connectivity index (χ0) is 18.5. The largest absolute Gasteiger partial charge is 0.497 e. The summed E-state index contributed by atoms with van der Waals surface area (Å²) in [5, 5.41) is 19.8. The number of amides is 1. The highest BCUT2D eigenvalue weighted by molar-refractivity contribution is 7.99. The highest BCUT2D eigenvalue weighted by Gasteiger charge is 2.14. The first-order valence-corrected chi connectivity index (χ1v) is 9.17. The first-order chi connectivity index (χ1) is 12.6. The van der Waals surface area contributed by atoms with E-state index >= 15 is 0 Å². The first kappa shape index (κ1) is 18.1. The highest BCUT2D eigenvalue weighted by Crippen LogP contribution is 2.30. The van der Waals surface area contributed by atoms with Crippen LogP contribution < -0.4 is 14.8 Å². The van der Waals surface area contributed by atoms with Crippen molar-refractivity contribution in [2.75, 3.05) is 25.3 Å². The summed E-state index contributed by atoms with van der Waals surface area (Å²) >= 11 is 2.44. The standard InChI is InChI=1S/C15H15N5O4S2/c1-8-17-19-14(26-8)16-12(21)7-25-15-20-18-13(24-15)9-4-10(22-2)6-11(5-9)23-3/h4-6H,7H2,1-3H3,(H,16,19,21). The summed E-state index contributed by atoms with van der Waals surface area (Å²) in [7, 11) is 3.12. The summed E-state index contributed by atoms with van der Waals surface area (Å²) in [6.45, 7) is 1.82. The number of benzene rings is 1. The molecule has 1 aromatic carbocycles. The topological polar surface area (TPSA) is 112 Å². The summed E-state index contributed by atoms with van der Waals surface area (Å²) < 4.78 is 16.0. The quantitative estimate of drug-likeness (QED) is 0.605. The number of hydrogen-bond acceptors (Lipinski definition) is 10. The normalized spacial score (nSPS) is 10.6. The van der Waals surface area contributed by atoms with E-state index in [1.54, 1.807) is 32.4 Å². The van der Waals surface area contributed by atoms with E-state index in [1.165, 1.54) is 11.3 Å². The second-order valence-corrected chi connectivity index (χ2v) is 7.05. The van der Waals surface area contributed by atoms with Crippen LogP contribution in [-0.4, -0.2) is 46.3 Å². The number of carbonyl (C=O) groups is 1. The molecule has 3 rings (SSSR count). The molecule has 1 N–H and O–H groups in total. The van der Waals surface area contributed by atoms with E-state index in [0.717, 1.165) is 16.8 Å². The van der Waals surface area contributed by atoms with Crippen molar-refractivity contribution in [1.29, 1.82) is 0 Å². The van der Waals surface area contributed by atoms with Crippen molar-refractivity contribution in [3.05, 3.63) is 23.2 Å². The molecule has 2 aromatic heterocycles. The molecule has 0 bridgehead atoms. The van der Waals surface area contributed by atoms with Gasteiger partial charge in [0.2, 0.25) is 16.9 Å². The van der Waals surface area contributed by atoms with Gasteiger partial charge in [-0.15, -0.1) is 20.4 Å². The van der Waals surface area contributed by atoms with Gasteiger partial charge in [0.15, 0.2) is 0 Å². The van der Waals surface area contributed by atoms with Crippen LogP contribution in [0.25, 0.3) is 11.5 Å².